The third-order valence-electron chi connectivity index (χ3n) is 6.31. The molecule has 1 saturated heterocycles. The molecule has 170 valence electrons. The van der Waals surface area contributed by atoms with Crippen LogP contribution in [0.3, 0.4) is 0 Å². The Labute approximate surface area is 201 Å². The highest BCUT2D eigenvalue weighted by Crippen LogP contribution is 2.41. The van der Waals surface area contributed by atoms with Crippen LogP contribution in [0.1, 0.15) is 41.3 Å². The summed E-state index contributed by atoms with van der Waals surface area (Å²) in [7, 11) is 3.40. The Kier molecular flexibility index (Phi) is 5.85. The summed E-state index contributed by atoms with van der Waals surface area (Å²) in [6, 6.07) is 12.9. The predicted octanol–water partition coefficient (Wildman–Crippen LogP) is 4.68. The first-order valence-electron chi connectivity index (χ1n) is 11.0. The van der Waals surface area contributed by atoms with Gasteiger partial charge in [0.05, 0.1) is 35.9 Å². The molecule has 8 heteroatoms. The van der Waals surface area contributed by atoms with Gasteiger partial charge in [0, 0.05) is 41.9 Å². The Bertz CT molecular complexity index is 1300. The van der Waals surface area contributed by atoms with E-state index in [1.54, 1.807) is 18.7 Å². The molecule has 5 rings (SSSR count). The molecule has 33 heavy (non-hydrogen) atoms. The molecule has 1 fully saturated rings. The number of halogens is 1. The molecular weight excluding hydrogens is 458 g/mol. The maximum Gasteiger partial charge on any atom is 0.307 e. The summed E-state index contributed by atoms with van der Waals surface area (Å²) in [5, 5.41) is 0.640. The monoisotopic (exact) mass is 481 g/mol. The van der Waals surface area contributed by atoms with E-state index in [-0.39, 0.29) is 17.2 Å². The van der Waals surface area contributed by atoms with Crippen molar-refractivity contribution in [3.05, 3.63) is 73.2 Å². The van der Waals surface area contributed by atoms with Gasteiger partial charge in [-0.1, -0.05) is 35.1 Å². The van der Waals surface area contributed by atoms with E-state index in [0.29, 0.717) is 10.8 Å². The SMILES string of the molecule is COc1ccc2c(c1)C(c1ccc(Cl)cc1)=NC(CC(=O)N1CCCC1)c1sc(=O)n(C)c1-2. The van der Waals surface area contributed by atoms with Crippen molar-refractivity contribution >= 4 is 34.6 Å². The molecule has 0 bridgehead atoms. The van der Waals surface area contributed by atoms with Crippen molar-refractivity contribution in [1.82, 2.24) is 9.47 Å². The van der Waals surface area contributed by atoms with Gasteiger partial charge in [0.1, 0.15) is 5.75 Å². The van der Waals surface area contributed by atoms with Crippen molar-refractivity contribution in [2.45, 2.75) is 25.3 Å². The maximum absolute atomic E-state index is 13.1. The number of carbonyl (C=O) groups excluding carboxylic acids is 1. The highest BCUT2D eigenvalue weighted by molar-refractivity contribution is 7.09. The number of thiazole rings is 1. The number of fused-ring (bicyclic) bond motifs is 3. The summed E-state index contributed by atoms with van der Waals surface area (Å²) in [6.07, 6.45) is 2.30. The van der Waals surface area contributed by atoms with Crippen LogP contribution < -0.4 is 9.61 Å². The fraction of sp³-hybridized carbons (Fsp3) is 0.320. The number of hydrogen-bond acceptors (Lipinski definition) is 5. The number of methoxy groups -OCH3 is 1. The van der Waals surface area contributed by atoms with Gasteiger partial charge in [0.15, 0.2) is 0 Å². The molecule has 2 aliphatic rings. The lowest BCUT2D eigenvalue weighted by atomic mass is 9.95. The summed E-state index contributed by atoms with van der Waals surface area (Å²) in [6.45, 7) is 1.57. The van der Waals surface area contributed by atoms with Crippen molar-refractivity contribution in [1.29, 1.82) is 0 Å². The van der Waals surface area contributed by atoms with E-state index in [9.17, 15) is 9.59 Å². The van der Waals surface area contributed by atoms with Gasteiger partial charge < -0.3 is 14.2 Å². The number of amides is 1. The van der Waals surface area contributed by atoms with E-state index in [1.807, 2.05) is 47.4 Å². The second-order valence-electron chi connectivity index (χ2n) is 8.34. The van der Waals surface area contributed by atoms with Crippen LogP contribution in [0.4, 0.5) is 0 Å². The number of ether oxygens (including phenoxy) is 1. The van der Waals surface area contributed by atoms with Crippen LogP contribution in [-0.4, -0.2) is 41.3 Å². The fourth-order valence-electron chi connectivity index (χ4n) is 4.58. The molecule has 1 atom stereocenters. The first kappa shape index (κ1) is 21.9. The molecule has 1 aromatic heterocycles. The number of aromatic nitrogens is 1. The van der Waals surface area contributed by atoms with Gasteiger partial charge in [-0.05, 0) is 43.2 Å². The molecule has 2 aliphatic heterocycles. The molecule has 1 unspecified atom stereocenters. The number of hydrogen-bond donors (Lipinski definition) is 0. The Morgan fingerprint density at radius 1 is 1.15 bits per heavy atom. The van der Waals surface area contributed by atoms with Gasteiger partial charge in [-0.25, -0.2) is 0 Å². The summed E-state index contributed by atoms with van der Waals surface area (Å²) >= 11 is 7.32. The molecule has 0 aliphatic carbocycles. The topological polar surface area (TPSA) is 63.9 Å². The van der Waals surface area contributed by atoms with E-state index in [0.717, 1.165) is 58.9 Å². The summed E-state index contributed by atoms with van der Waals surface area (Å²) in [5.41, 5.74) is 4.23. The number of likely N-dealkylation sites (tertiary alicyclic amines) is 1. The van der Waals surface area contributed by atoms with Gasteiger partial charge >= 0.3 is 4.87 Å². The van der Waals surface area contributed by atoms with Crippen LogP contribution in [0.2, 0.25) is 5.02 Å². The van der Waals surface area contributed by atoms with E-state index < -0.39 is 6.04 Å². The molecule has 0 radical (unpaired) electrons. The Balaban J connectivity index is 1.72. The van der Waals surface area contributed by atoms with Gasteiger partial charge in [-0.3, -0.25) is 14.6 Å². The zero-order valence-corrected chi connectivity index (χ0v) is 20.1. The third kappa shape index (κ3) is 4.00. The van der Waals surface area contributed by atoms with Crippen LogP contribution >= 0.6 is 22.9 Å². The molecular formula is C25H24ClN3O3S. The smallest absolute Gasteiger partial charge is 0.307 e. The highest BCUT2D eigenvalue weighted by atomic mass is 35.5. The van der Waals surface area contributed by atoms with Crippen LogP contribution in [0.25, 0.3) is 11.3 Å². The lowest BCUT2D eigenvalue weighted by Gasteiger charge is -2.18. The second-order valence-corrected chi connectivity index (χ2v) is 9.77. The minimum Gasteiger partial charge on any atom is -0.497 e. The number of rotatable bonds is 4. The van der Waals surface area contributed by atoms with E-state index in [4.69, 9.17) is 21.3 Å². The van der Waals surface area contributed by atoms with Crippen molar-refractivity contribution in [2.24, 2.45) is 12.0 Å². The van der Waals surface area contributed by atoms with Crippen molar-refractivity contribution in [3.63, 3.8) is 0 Å². The highest BCUT2D eigenvalue weighted by Gasteiger charge is 2.32. The van der Waals surface area contributed by atoms with Gasteiger partial charge in [0.2, 0.25) is 5.91 Å². The minimum absolute atomic E-state index is 0.0643. The minimum atomic E-state index is -0.448. The lowest BCUT2D eigenvalue weighted by Crippen LogP contribution is -2.28. The summed E-state index contributed by atoms with van der Waals surface area (Å²) < 4.78 is 7.17. The van der Waals surface area contributed by atoms with E-state index in [1.165, 1.54) is 11.3 Å². The molecule has 6 nitrogen and oxygen atoms in total. The molecule has 0 saturated carbocycles. The third-order valence-corrected chi connectivity index (χ3v) is 7.69. The van der Waals surface area contributed by atoms with Crippen LogP contribution in [0.5, 0.6) is 5.75 Å². The zero-order valence-electron chi connectivity index (χ0n) is 18.5. The zero-order chi connectivity index (χ0) is 23.1. The molecule has 3 aromatic rings. The normalized spacial score (nSPS) is 17.2. The fourth-order valence-corrected chi connectivity index (χ4v) is 5.74. The predicted molar refractivity (Wildman–Crippen MR) is 132 cm³/mol. The Morgan fingerprint density at radius 2 is 1.88 bits per heavy atom. The average Bonchev–Trinajstić information content (AvgIpc) is 3.43. The van der Waals surface area contributed by atoms with Crippen molar-refractivity contribution < 1.29 is 9.53 Å². The average molecular weight is 482 g/mol. The number of nitrogens with zero attached hydrogens (tertiary/aromatic N) is 3. The summed E-state index contributed by atoms with van der Waals surface area (Å²) in [4.78, 5) is 33.6. The lowest BCUT2D eigenvalue weighted by molar-refractivity contribution is -0.130. The molecule has 0 N–H and O–H groups in total. The quantitative estimate of drug-likeness (QED) is 0.543. The standard InChI is InChI=1S/C25H24ClN3O3S/c1-28-23-18-10-9-17(32-2)13-19(18)22(15-5-7-16(26)8-6-15)27-20(24(23)33-25(28)31)14-21(30)29-11-3-4-12-29/h5-10,13,20H,3-4,11-12,14H2,1-2H3. The van der Waals surface area contributed by atoms with E-state index >= 15 is 0 Å². The number of carbonyl (C=O) groups is 1. The van der Waals surface area contributed by atoms with Gasteiger partial charge in [0.25, 0.3) is 0 Å². The maximum atomic E-state index is 13.1. The molecule has 0 spiro atoms. The number of benzene rings is 2. The van der Waals surface area contributed by atoms with Crippen LogP contribution in [-0.2, 0) is 11.8 Å². The van der Waals surface area contributed by atoms with Crippen molar-refractivity contribution in [2.75, 3.05) is 20.2 Å². The molecule has 2 aromatic carbocycles. The van der Waals surface area contributed by atoms with Gasteiger partial charge in [-0.2, -0.15) is 0 Å². The second kappa shape index (κ2) is 8.80. The number of aliphatic imine (C=N–C) groups is 1. The molecule has 3 heterocycles. The largest absolute Gasteiger partial charge is 0.497 e. The first-order chi connectivity index (χ1) is 16.0. The van der Waals surface area contributed by atoms with Crippen LogP contribution in [0, 0.1) is 0 Å². The Morgan fingerprint density at radius 3 is 2.58 bits per heavy atom. The van der Waals surface area contributed by atoms with Gasteiger partial charge in [-0.15, -0.1) is 0 Å². The van der Waals surface area contributed by atoms with Crippen molar-refractivity contribution in [3.8, 4) is 17.0 Å². The summed E-state index contributed by atoms with van der Waals surface area (Å²) in [5.74, 6) is 0.776. The van der Waals surface area contributed by atoms with Crippen LogP contribution in [0.15, 0.2) is 52.3 Å². The Hall–Kier alpha value is -2.90. The first-order valence-corrected chi connectivity index (χ1v) is 12.2. The molecule has 1 amide bonds. The van der Waals surface area contributed by atoms with E-state index in [2.05, 4.69) is 0 Å².